The molecule has 2 N–H and O–H groups in total. The lowest BCUT2D eigenvalue weighted by molar-refractivity contribution is -0.120. The predicted molar refractivity (Wildman–Crippen MR) is 306 cm³/mol. The molecule has 3 aromatic carbocycles. The molecule has 3 fully saturated rings. The van der Waals surface area contributed by atoms with Crippen molar-refractivity contribution in [3.8, 4) is 0 Å². The quantitative estimate of drug-likeness (QED) is 0.140. The van der Waals surface area contributed by atoms with Gasteiger partial charge in [-0.05, 0) is 132 Å². The van der Waals surface area contributed by atoms with E-state index in [1.54, 1.807) is 22.7 Å². The third kappa shape index (κ3) is 8.34. The molecule has 6 atom stereocenters. The Balaban J connectivity index is 0.000000118. The van der Waals surface area contributed by atoms with Gasteiger partial charge in [-0.25, -0.2) is 0 Å². The lowest BCUT2D eigenvalue weighted by atomic mass is 9.98. The summed E-state index contributed by atoms with van der Waals surface area (Å²) >= 11 is 23.5. The van der Waals surface area contributed by atoms with E-state index in [1.807, 2.05) is 76.9 Å². The minimum atomic E-state index is -0.492. The number of carbonyl (C=O) groups is 2. The van der Waals surface area contributed by atoms with Crippen LogP contribution in [0.4, 0.5) is 5.00 Å². The van der Waals surface area contributed by atoms with Crippen LogP contribution in [0.5, 0.6) is 0 Å². The fourth-order valence-corrected chi connectivity index (χ4v) is 15.1. The lowest BCUT2D eigenvalue weighted by Crippen LogP contribution is -2.39. The molecule has 0 radical (unpaired) electrons. The molecule has 3 saturated carbocycles. The molecule has 13 rings (SSSR count). The van der Waals surface area contributed by atoms with Gasteiger partial charge in [0.25, 0.3) is 5.91 Å². The first kappa shape index (κ1) is 50.1. The zero-order valence-electron chi connectivity index (χ0n) is 42.3. The molecule has 4 aliphatic heterocycles. The average molecular weight is 1090 g/mol. The van der Waals surface area contributed by atoms with Crippen LogP contribution in [-0.2, 0) is 22.4 Å². The number of amides is 1. The highest BCUT2D eigenvalue weighted by Crippen LogP contribution is 2.55. The topological polar surface area (TPSA) is 125 Å². The van der Waals surface area contributed by atoms with E-state index in [4.69, 9.17) is 55.6 Å². The molecule has 3 spiro atoms. The highest BCUT2D eigenvalue weighted by Gasteiger charge is 2.62. The summed E-state index contributed by atoms with van der Waals surface area (Å²) in [6, 6.07) is 23.6. The van der Waals surface area contributed by atoms with Crippen LogP contribution in [0, 0.1) is 59.3 Å². The van der Waals surface area contributed by atoms with E-state index in [1.165, 1.54) is 47.3 Å². The van der Waals surface area contributed by atoms with Crippen LogP contribution in [-0.4, -0.2) is 63.5 Å². The Kier molecular flexibility index (Phi) is 12.6. The Morgan fingerprint density at radius 3 is 1.38 bits per heavy atom. The number of aliphatic imine (C=N–C) groups is 4. The number of hydrogen-bond acceptors (Lipinski definition) is 11. The number of hydrogen-bond donors (Lipinski definition) is 1. The van der Waals surface area contributed by atoms with Crippen LogP contribution in [0.3, 0.4) is 0 Å². The van der Waals surface area contributed by atoms with E-state index in [9.17, 15) is 9.59 Å². The molecule has 73 heavy (non-hydrogen) atoms. The molecular formula is C58H56Cl3N7O2S3. The number of rotatable bonds is 3. The first-order chi connectivity index (χ1) is 34.8. The van der Waals surface area contributed by atoms with Crippen molar-refractivity contribution >= 4 is 114 Å². The van der Waals surface area contributed by atoms with Crippen LogP contribution in [0.15, 0.2) is 97.9 Å². The predicted octanol–water partition coefficient (Wildman–Crippen LogP) is 13.7. The molecule has 7 aliphatic rings. The van der Waals surface area contributed by atoms with Crippen LogP contribution in [0.1, 0.15) is 114 Å². The summed E-state index contributed by atoms with van der Waals surface area (Å²) in [7, 11) is 0. The van der Waals surface area contributed by atoms with Crippen molar-refractivity contribution in [2.24, 2.45) is 48.7 Å². The van der Waals surface area contributed by atoms with E-state index in [-0.39, 0.29) is 29.3 Å². The molecule has 0 unspecified atom stereocenters. The summed E-state index contributed by atoms with van der Waals surface area (Å²) in [5, 5.41) is 7.27. The van der Waals surface area contributed by atoms with Gasteiger partial charge in [-0.2, -0.15) is 5.10 Å². The number of amidine groups is 1. The van der Waals surface area contributed by atoms with Gasteiger partial charge in [-0.1, -0.05) is 92.0 Å². The van der Waals surface area contributed by atoms with Crippen molar-refractivity contribution in [1.29, 1.82) is 0 Å². The zero-order chi connectivity index (χ0) is 51.6. The Morgan fingerprint density at radius 2 is 0.945 bits per heavy atom. The second-order valence-electron chi connectivity index (χ2n) is 20.8. The summed E-state index contributed by atoms with van der Waals surface area (Å²) in [4.78, 5) is 53.8. The van der Waals surface area contributed by atoms with E-state index in [0.717, 1.165) is 91.5 Å². The average Bonchev–Trinajstić information content (AvgIpc) is 4.25. The largest absolute Gasteiger partial charge is 0.323 e. The minimum absolute atomic E-state index is 0.0496. The van der Waals surface area contributed by atoms with E-state index in [0.29, 0.717) is 34.2 Å². The highest BCUT2D eigenvalue weighted by atomic mass is 35.5. The lowest BCUT2D eigenvalue weighted by Gasteiger charge is -2.20. The summed E-state index contributed by atoms with van der Waals surface area (Å²) in [5.41, 5.74) is 13.3. The van der Waals surface area contributed by atoms with Crippen LogP contribution in [0.2, 0.25) is 15.1 Å². The first-order valence-corrected chi connectivity index (χ1v) is 28.4. The number of benzene rings is 3. The van der Waals surface area contributed by atoms with E-state index in [2.05, 4.69) is 84.5 Å². The van der Waals surface area contributed by atoms with Crippen molar-refractivity contribution in [3.05, 3.63) is 162 Å². The Bertz CT molecular complexity index is 3470. The third-order valence-corrected chi connectivity index (χ3v) is 20.7. The van der Waals surface area contributed by atoms with Gasteiger partial charge < -0.3 is 5.84 Å². The van der Waals surface area contributed by atoms with Gasteiger partial charge in [0.05, 0.1) is 22.8 Å². The van der Waals surface area contributed by atoms with Gasteiger partial charge in [0, 0.05) is 85.7 Å². The number of halogens is 3. The van der Waals surface area contributed by atoms with Crippen molar-refractivity contribution in [1.82, 2.24) is 0 Å². The van der Waals surface area contributed by atoms with Crippen molar-refractivity contribution in [2.75, 3.05) is 11.4 Å². The van der Waals surface area contributed by atoms with E-state index >= 15 is 0 Å². The normalized spacial score (nSPS) is 26.5. The van der Waals surface area contributed by atoms with Gasteiger partial charge in [-0.3, -0.25) is 34.5 Å². The molecule has 374 valence electrons. The van der Waals surface area contributed by atoms with Crippen molar-refractivity contribution in [3.63, 3.8) is 0 Å². The Labute approximate surface area is 454 Å². The fourth-order valence-electron chi connectivity index (χ4n) is 11.2. The summed E-state index contributed by atoms with van der Waals surface area (Å²) in [5.74, 6) is 8.13. The molecule has 0 saturated heterocycles. The summed E-state index contributed by atoms with van der Waals surface area (Å²) in [6.07, 6.45) is 4.14. The first-order valence-electron chi connectivity index (χ1n) is 24.8. The second kappa shape index (κ2) is 18.3. The molecule has 3 aromatic heterocycles. The monoisotopic (exact) mass is 1080 g/mol. The number of Topliss-reactive ketones (excluding diaryl/α,β-unsaturated/α-hetero) is 1. The Morgan fingerprint density at radius 1 is 0.562 bits per heavy atom. The van der Waals surface area contributed by atoms with Gasteiger partial charge in [0.1, 0.15) is 34.0 Å². The van der Waals surface area contributed by atoms with Gasteiger partial charge in [0.15, 0.2) is 5.78 Å². The number of thiophene rings is 3. The minimum Gasteiger partial charge on any atom is -0.323 e. The summed E-state index contributed by atoms with van der Waals surface area (Å²) in [6.45, 7) is 19.6. The maximum atomic E-state index is 12.8. The number of nitrogens with two attached hydrogens (primary N) is 1. The van der Waals surface area contributed by atoms with Gasteiger partial charge in [0.2, 0.25) is 0 Å². The number of nitrogens with zero attached hydrogens (tertiary/aromatic N) is 6. The molecule has 3 aliphatic carbocycles. The molecule has 15 heteroatoms. The molecule has 6 aromatic rings. The van der Waals surface area contributed by atoms with Crippen LogP contribution < -0.4 is 10.7 Å². The second-order valence-corrected chi connectivity index (χ2v) is 26.0. The SMILES string of the molecule is Cc1sc2c(c1C)C(c1ccc(Cl)cc1)=N[C@]1(C[C@H]1C)/C(=N\N)C2.Cc1sc2c(c1C)C(c1ccc(Cl)cc1)=N[C@]1(C[C@H]1C)C(=O)C2.Cc1sc2c(c1C)C(c1ccc(Cl)cc1)=N[C@]1(C[C@H]1C)C1=NCC(=O)N12. The third-order valence-electron chi connectivity index (χ3n) is 16.3. The number of ketones is 1. The van der Waals surface area contributed by atoms with Gasteiger partial charge in [-0.15, -0.1) is 34.0 Å². The number of anilines is 1. The van der Waals surface area contributed by atoms with E-state index < -0.39 is 5.54 Å². The summed E-state index contributed by atoms with van der Waals surface area (Å²) < 4.78 is 0. The molecule has 9 nitrogen and oxygen atoms in total. The fraction of sp³-hybridized carbons (Fsp3) is 0.362. The van der Waals surface area contributed by atoms with Gasteiger partial charge >= 0.3 is 0 Å². The Hall–Kier alpha value is -5.08. The molecule has 7 heterocycles. The maximum Gasteiger partial charge on any atom is 0.254 e. The molecular weight excluding hydrogens is 1030 g/mol. The van der Waals surface area contributed by atoms with Crippen LogP contribution in [0.25, 0.3) is 0 Å². The molecule has 0 bridgehead atoms. The zero-order valence-corrected chi connectivity index (χ0v) is 47.1. The molecule has 1 amide bonds. The maximum absolute atomic E-state index is 12.8. The number of aryl methyl sites for hydroxylation is 3. The van der Waals surface area contributed by atoms with Crippen LogP contribution >= 0.6 is 68.8 Å². The number of fused-ring (bicyclic) bond motifs is 6. The number of hydrazone groups is 1. The highest BCUT2D eigenvalue weighted by molar-refractivity contribution is 7.17. The smallest absolute Gasteiger partial charge is 0.254 e. The standard InChI is InChI=1S/C20H18ClN3OS.C19H20ClN3S.C19H18ClNOS/c1-10-8-20(10)19-22-9-15(25)24(19)18-16(11(2)12(3)26-18)17(23-20)13-4-6-14(21)7-5-13;1-10-9-19(10)16(23-21)8-15-17(11(2)12(3)24-15)18(22-19)13-4-6-14(20)7-5-13;1-10-9-19(10)16(22)8-15-17(11(2)12(3)23-15)18(21-19)13-4-6-14(20)7-5-13/h4-7,10H,8-9H2,1-3H3;4-7,10H,8-9,21H2,1-3H3;4-7,10H,8-9H2,1-3H3/b;23-16-;/t10-,20+;2*10-,19+/m111/s1. The van der Waals surface area contributed by atoms with Crippen molar-refractivity contribution in [2.45, 2.75) is 111 Å². The van der Waals surface area contributed by atoms with Crippen molar-refractivity contribution < 1.29 is 9.59 Å². The number of carbonyl (C=O) groups excluding carboxylic acids is 2.